The van der Waals surface area contributed by atoms with Crippen molar-refractivity contribution in [3.8, 4) is 0 Å². The molecule has 0 unspecified atom stereocenters. The lowest BCUT2D eigenvalue weighted by Gasteiger charge is -2.35. The highest BCUT2D eigenvalue weighted by atomic mass is 15.3. The van der Waals surface area contributed by atoms with Crippen molar-refractivity contribution in [2.24, 2.45) is 0 Å². The molecule has 16 heavy (non-hydrogen) atoms. The van der Waals surface area contributed by atoms with Gasteiger partial charge in [0.05, 0.1) is 11.9 Å². The molecule has 0 saturated heterocycles. The number of likely N-dealkylation sites (N-methyl/N-ethyl adjacent to an activating group) is 1. The molecule has 4 nitrogen and oxygen atoms in total. The highest BCUT2D eigenvalue weighted by Crippen LogP contribution is 2.28. The molecule has 0 bridgehead atoms. The summed E-state index contributed by atoms with van der Waals surface area (Å²) in [6.45, 7) is 5.49. The second kappa shape index (κ2) is 5.14. The summed E-state index contributed by atoms with van der Waals surface area (Å²) in [6.07, 6.45) is 7.37. The lowest BCUT2D eigenvalue weighted by molar-refractivity contribution is 0.651. The molecule has 2 heterocycles. The van der Waals surface area contributed by atoms with E-state index in [9.17, 15) is 0 Å². The Balaban J connectivity index is 2.09. The standard InChI is InChI=1S/C12H20N4/c1-3-4-5-6-16-8-7-15(2)11-9-13-10-14-12(11)16/h9-10H,3-8H2,1-2H3. The molecular weight excluding hydrogens is 200 g/mol. The Morgan fingerprint density at radius 3 is 3.00 bits per heavy atom. The molecule has 1 aromatic heterocycles. The first-order chi connectivity index (χ1) is 7.83. The van der Waals surface area contributed by atoms with Crippen molar-refractivity contribution in [2.75, 3.05) is 36.5 Å². The van der Waals surface area contributed by atoms with E-state index in [1.54, 1.807) is 6.33 Å². The molecule has 0 atom stereocenters. The summed E-state index contributed by atoms with van der Waals surface area (Å²) < 4.78 is 0. The average molecular weight is 220 g/mol. The topological polar surface area (TPSA) is 32.3 Å². The van der Waals surface area contributed by atoms with E-state index in [1.807, 2.05) is 6.20 Å². The van der Waals surface area contributed by atoms with Crippen LogP contribution >= 0.6 is 0 Å². The predicted octanol–water partition coefficient (Wildman–Crippen LogP) is 1.92. The quantitative estimate of drug-likeness (QED) is 0.726. The van der Waals surface area contributed by atoms with Gasteiger partial charge in [-0.3, -0.25) is 0 Å². The highest BCUT2D eigenvalue weighted by molar-refractivity contribution is 5.67. The number of rotatable bonds is 4. The Labute approximate surface area is 97.3 Å². The first-order valence-electron chi connectivity index (χ1n) is 6.09. The second-order valence-corrected chi connectivity index (χ2v) is 4.35. The number of unbranched alkanes of at least 4 members (excludes halogenated alkanes) is 2. The lowest BCUT2D eigenvalue weighted by Crippen LogP contribution is -2.40. The lowest BCUT2D eigenvalue weighted by atomic mass is 10.2. The van der Waals surface area contributed by atoms with Crippen LogP contribution in [0.15, 0.2) is 12.5 Å². The van der Waals surface area contributed by atoms with Gasteiger partial charge in [-0.25, -0.2) is 9.97 Å². The van der Waals surface area contributed by atoms with Crippen molar-refractivity contribution in [3.63, 3.8) is 0 Å². The van der Waals surface area contributed by atoms with Crippen molar-refractivity contribution in [2.45, 2.75) is 26.2 Å². The van der Waals surface area contributed by atoms with E-state index in [0.29, 0.717) is 0 Å². The van der Waals surface area contributed by atoms with Gasteiger partial charge in [0.25, 0.3) is 0 Å². The van der Waals surface area contributed by atoms with Crippen molar-refractivity contribution in [1.29, 1.82) is 0 Å². The molecule has 0 N–H and O–H groups in total. The zero-order chi connectivity index (χ0) is 11.4. The van der Waals surface area contributed by atoms with Gasteiger partial charge in [0, 0.05) is 26.7 Å². The largest absolute Gasteiger partial charge is 0.369 e. The van der Waals surface area contributed by atoms with E-state index in [-0.39, 0.29) is 0 Å². The van der Waals surface area contributed by atoms with Crippen LogP contribution in [0.1, 0.15) is 26.2 Å². The molecule has 0 aromatic carbocycles. The SMILES string of the molecule is CCCCCN1CCN(C)c2cncnc21. The van der Waals surface area contributed by atoms with Crippen molar-refractivity contribution in [1.82, 2.24) is 9.97 Å². The van der Waals surface area contributed by atoms with Gasteiger partial charge in [-0.15, -0.1) is 0 Å². The Hall–Kier alpha value is -1.32. The van der Waals surface area contributed by atoms with E-state index in [0.717, 1.165) is 31.1 Å². The van der Waals surface area contributed by atoms with E-state index in [2.05, 4.69) is 33.7 Å². The molecule has 2 rings (SSSR count). The van der Waals surface area contributed by atoms with Gasteiger partial charge in [-0.05, 0) is 6.42 Å². The van der Waals surface area contributed by atoms with Crippen LogP contribution in [0.25, 0.3) is 0 Å². The minimum absolute atomic E-state index is 1.06. The number of fused-ring (bicyclic) bond motifs is 1. The van der Waals surface area contributed by atoms with Crippen LogP contribution in [-0.2, 0) is 0 Å². The molecule has 0 fully saturated rings. The molecule has 88 valence electrons. The van der Waals surface area contributed by atoms with E-state index >= 15 is 0 Å². The molecule has 1 aliphatic heterocycles. The van der Waals surface area contributed by atoms with Gasteiger partial charge in [-0.2, -0.15) is 0 Å². The summed E-state index contributed by atoms with van der Waals surface area (Å²) in [5.41, 5.74) is 1.16. The summed E-state index contributed by atoms with van der Waals surface area (Å²) in [5.74, 6) is 1.10. The fourth-order valence-corrected chi connectivity index (χ4v) is 2.10. The number of hydrogen-bond donors (Lipinski definition) is 0. The van der Waals surface area contributed by atoms with Crippen LogP contribution in [0.5, 0.6) is 0 Å². The fraction of sp³-hybridized carbons (Fsp3) is 0.667. The number of anilines is 2. The third-order valence-corrected chi connectivity index (χ3v) is 3.12. The molecule has 1 aromatic rings. The molecule has 1 aliphatic rings. The molecule has 0 saturated carbocycles. The van der Waals surface area contributed by atoms with Gasteiger partial charge in [0.1, 0.15) is 6.33 Å². The maximum Gasteiger partial charge on any atom is 0.155 e. The zero-order valence-electron chi connectivity index (χ0n) is 10.2. The molecular formula is C12H20N4. The number of nitrogens with zero attached hydrogens (tertiary/aromatic N) is 4. The normalized spacial score (nSPS) is 15.1. The van der Waals surface area contributed by atoms with Crippen LogP contribution in [-0.4, -0.2) is 36.6 Å². The second-order valence-electron chi connectivity index (χ2n) is 4.35. The van der Waals surface area contributed by atoms with Crippen LogP contribution < -0.4 is 9.80 Å². The van der Waals surface area contributed by atoms with Gasteiger partial charge >= 0.3 is 0 Å². The maximum atomic E-state index is 4.40. The highest BCUT2D eigenvalue weighted by Gasteiger charge is 2.20. The Bertz CT molecular complexity index is 340. The summed E-state index contributed by atoms with van der Waals surface area (Å²) >= 11 is 0. The monoisotopic (exact) mass is 220 g/mol. The van der Waals surface area contributed by atoms with E-state index < -0.39 is 0 Å². The summed E-state index contributed by atoms with van der Waals surface area (Å²) in [7, 11) is 2.10. The summed E-state index contributed by atoms with van der Waals surface area (Å²) in [5, 5.41) is 0. The fourth-order valence-electron chi connectivity index (χ4n) is 2.10. The maximum absolute atomic E-state index is 4.40. The van der Waals surface area contributed by atoms with Gasteiger partial charge < -0.3 is 9.80 Å². The smallest absolute Gasteiger partial charge is 0.155 e. The Morgan fingerprint density at radius 2 is 2.19 bits per heavy atom. The van der Waals surface area contributed by atoms with E-state index in [1.165, 1.54) is 19.3 Å². The summed E-state index contributed by atoms with van der Waals surface area (Å²) in [6, 6.07) is 0. The minimum Gasteiger partial charge on any atom is -0.369 e. The van der Waals surface area contributed by atoms with Crippen LogP contribution in [0.2, 0.25) is 0 Å². The molecule has 0 aliphatic carbocycles. The molecule has 0 amide bonds. The molecule has 0 spiro atoms. The third kappa shape index (κ3) is 2.26. The Kier molecular flexibility index (Phi) is 3.59. The zero-order valence-corrected chi connectivity index (χ0v) is 10.2. The first-order valence-corrected chi connectivity index (χ1v) is 6.09. The van der Waals surface area contributed by atoms with Gasteiger partial charge in [0.15, 0.2) is 5.82 Å². The van der Waals surface area contributed by atoms with E-state index in [4.69, 9.17) is 0 Å². The number of aromatic nitrogens is 2. The van der Waals surface area contributed by atoms with Crippen molar-refractivity contribution in [3.05, 3.63) is 12.5 Å². The van der Waals surface area contributed by atoms with Gasteiger partial charge in [-0.1, -0.05) is 19.8 Å². The van der Waals surface area contributed by atoms with Crippen molar-refractivity contribution < 1.29 is 0 Å². The van der Waals surface area contributed by atoms with Crippen molar-refractivity contribution >= 4 is 11.5 Å². The Morgan fingerprint density at radius 1 is 1.31 bits per heavy atom. The summed E-state index contributed by atoms with van der Waals surface area (Å²) in [4.78, 5) is 13.1. The minimum atomic E-state index is 1.06. The van der Waals surface area contributed by atoms with Crippen LogP contribution in [0.4, 0.5) is 11.5 Å². The predicted molar refractivity (Wildman–Crippen MR) is 67.0 cm³/mol. The van der Waals surface area contributed by atoms with Crippen LogP contribution in [0, 0.1) is 0 Å². The average Bonchev–Trinajstić information content (AvgIpc) is 2.33. The molecule has 0 radical (unpaired) electrons. The van der Waals surface area contributed by atoms with Gasteiger partial charge in [0.2, 0.25) is 0 Å². The molecule has 4 heteroatoms. The third-order valence-electron chi connectivity index (χ3n) is 3.12. The van der Waals surface area contributed by atoms with Crippen LogP contribution in [0.3, 0.4) is 0 Å². The number of hydrogen-bond acceptors (Lipinski definition) is 4. The first kappa shape index (κ1) is 11.2.